The fourth-order valence-electron chi connectivity index (χ4n) is 3.47. The number of amides is 2. The molecule has 35 heavy (non-hydrogen) atoms. The number of sulfonamides is 1. The van der Waals surface area contributed by atoms with Crippen molar-refractivity contribution in [1.29, 1.82) is 0 Å². The molecule has 0 radical (unpaired) electrons. The fourth-order valence-corrected chi connectivity index (χ4v) is 4.51. The van der Waals surface area contributed by atoms with E-state index in [1.165, 1.54) is 23.1 Å². The lowest BCUT2D eigenvalue weighted by Crippen LogP contribution is -2.52. The number of nitrogens with zero attached hydrogens (tertiary/aromatic N) is 3. The minimum Gasteiger partial charge on any atom is -0.354 e. The summed E-state index contributed by atoms with van der Waals surface area (Å²) in [6.45, 7) is 3.40. The van der Waals surface area contributed by atoms with E-state index in [4.69, 9.17) is 11.6 Å². The smallest absolute Gasteiger partial charge is 0.271 e. The van der Waals surface area contributed by atoms with Gasteiger partial charge in [0.15, 0.2) is 0 Å². The van der Waals surface area contributed by atoms with Crippen molar-refractivity contribution in [3.8, 4) is 0 Å². The van der Waals surface area contributed by atoms with Gasteiger partial charge in [-0.15, -0.1) is 0 Å². The standard InChI is InChI=1S/C23H29ClN4O6S/c1-4-13-25-23(30)21(5-2)26(15-17-9-6-7-12-20(17)24)22(29)16-27(35(3,33)34)18-10-8-11-19(14-18)28(31)32/h6-12,14,21H,4-5,13,15-16H2,1-3H3,(H,25,30)/t21-/m0/s1. The predicted octanol–water partition coefficient (Wildman–Crippen LogP) is 3.35. The highest BCUT2D eigenvalue weighted by molar-refractivity contribution is 7.92. The van der Waals surface area contributed by atoms with Crippen LogP contribution in [0.15, 0.2) is 48.5 Å². The number of nitro benzene ring substituents is 1. The van der Waals surface area contributed by atoms with Gasteiger partial charge in [-0.2, -0.15) is 0 Å². The second-order valence-electron chi connectivity index (χ2n) is 7.87. The lowest BCUT2D eigenvalue weighted by atomic mass is 10.1. The zero-order valence-electron chi connectivity index (χ0n) is 19.8. The number of non-ortho nitro benzene ring substituents is 1. The Kier molecular flexibility index (Phi) is 10.0. The first-order valence-corrected chi connectivity index (χ1v) is 13.2. The van der Waals surface area contributed by atoms with Crippen molar-refractivity contribution in [2.75, 3.05) is 23.7 Å². The molecule has 10 nitrogen and oxygen atoms in total. The number of nitro groups is 1. The van der Waals surface area contributed by atoms with E-state index >= 15 is 0 Å². The summed E-state index contributed by atoms with van der Waals surface area (Å²) in [6, 6.07) is 11.0. The normalized spacial score (nSPS) is 12.0. The van der Waals surface area contributed by atoms with E-state index < -0.39 is 33.4 Å². The third-order valence-corrected chi connectivity index (χ3v) is 6.75. The Bertz CT molecular complexity index is 1170. The summed E-state index contributed by atoms with van der Waals surface area (Å²) < 4.78 is 26.0. The van der Waals surface area contributed by atoms with Crippen LogP contribution in [0, 0.1) is 10.1 Å². The van der Waals surface area contributed by atoms with Gasteiger partial charge in [0.2, 0.25) is 21.8 Å². The molecule has 2 amide bonds. The van der Waals surface area contributed by atoms with Crippen molar-refractivity contribution in [2.24, 2.45) is 0 Å². The van der Waals surface area contributed by atoms with Crippen LogP contribution in [0.3, 0.4) is 0 Å². The summed E-state index contributed by atoms with van der Waals surface area (Å²) in [5.41, 5.74) is 0.239. The average molecular weight is 525 g/mol. The number of carbonyl (C=O) groups excluding carboxylic acids is 2. The maximum absolute atomic E-state index is 13.5. The number of nitrogens with one attached hydrogen (secondary N) is 1. The van der Waals surface area contributed by atoms with Gasteiger partial charge in [-0.1, -0.05) is 49.7 Å². The Hall–Kier alpha value is -3.18. The van der Waals surface area contributed by atoms with Crippen LogP contribution >= 0.6 is 11.6 Å². The topological polar surface area (TPSA) is 130 Å². The molecule has 0 bridgehead atoms. The van der Waals surface area contributed by atoms with E-state index in [2.05, 4.69) is 5.32 Å². The molecule has 2 aromatic carbocycles. The summed E-state index contributed by atoms with van der Waals surface area (Å²) in [5, 5.41) is 14.4. The summed E-state index contributed by atoms with van der Waals surface area (Å²) in [7, 11) is -4.00. The molecule has 190 valence electrons. The van der Waals surface area contributed by atoms with Crippen molar-refractivity contribution in [2.45, 2.75) is 39.3 Å². The number of carbonyl (C=O) groups is 2. The molecule has 0 unspecified atom stereocenters. The van der Waals surface area contributed by atoms with Crippen LogP contribution in [0.1, 0.15) is 32.3 Å². The molecule has 2 rings (SSSR count). The van der Waals surface area contributed by atoms with Crippen LogP contribution in [0.2, 0.25) is 5.02 Å². The lowest BCUT2D eigenvalue weighted by molar-refractivity contribution is -0.384. The molecule has 0 saturated carbocycles. The molecule has 0 aliphatic heterocycles. The molecular weight excluding hydrogens is 496 g/mol. The van der Waals surface area contributed by atoms with E-state index in [0.717, 1.165) is 16.6 Å². The first-order chi connectivity index (χ1) is 16.5. The highest BCUT2D eigenvalue weighted by atomic mass is 35.5. The van der Waals surface area contributed by atoms with Crippen molar-refractivity contribution in [3.63, 3.8) is 0 Å². The molecule has 0 aliphatic rings. The number of halogens is 1. The van der Waals surface area contributed by atoms with Crippen molar-refractivity contribution in [1.82, 2.24) is 10.2 Å². The molecule has 1 atom stereocenters. The molecule has 0 saturated heterocycles. The van der Waals surface area contributed by atoms with Crippen LogP contribution in [-0.2, 0) is 26.2 Å². The fraction of sp³-hybridized carbons (Fsp3) is 0.391. The summed E-state index contributed by atoms with van der Waals surface area (Å²) >= 11 is 6.30. The minimum atomic E-state index is -4.00. The monoisotopic (exact) mass is 524 g/mol. The summed E-state index contributed by atoms with van der Waals surface area (Å²) in [6.07, 6.45) is 1.89. The first-order valence-electron chi connectivity index (χ1n) is 11.0. The Balaban J connectivity index is 2.47. The van der Waals surface area contributed by atoms with Crippen LogP contribution in [0.25, 0.3) is 0 Å². The molecule has 0 aliphatic carbocycles. The van der Waals surface area contributed by atoms with Crippen molar-refractivity contribution >= 4 is 44.8 Å². The second kappa shape index (κ2) is 12.5. The molecular formula is C23H29ClN4O6S. The van der Waals surface area contributed by atoms with Gasteiger partial charge in [-0.25, -0.2) is 8.42 Å². The molecule has 1 N–H and O–H groups in total. The summed E-state index contributed by atoms with van der Waals surface area (Å²) in [5.74, 6) is -1.02. The second-order valence-corrected chi connectivity index (χ2v) is 10.2. The number of hydrogen-bond acceptors (Lipinski definition) is 6. The molecule has 0 spiro atoms. The van der Waals surface area contributed by atoms with Crippen LogP contribution in [0.4, 0.5) is 11.4 Å². The minimum absolute atomic E-state index is 0.0247. The SMILES string of the molecule is CCCNC(=O)[C@H](CC)N(Cc1ccccc1Cl)C(=O)CN(c1cccc([N+](=O)[O-])c1)S(C)(=O)=O. The Morgan fingerprint density at radius 3 is 2.40 bits per heavy atom. The van der Waals surface area contributed by atoms with Gasteiger partial charge in [0.05, 0.1) is 16.9 Å². The molecule has 0 heterocycles. The number of anilines is 1. The van der Waals surface area contributed by atoms with E-state index in [-0.39, 0.29) is 30.2 Å². The highest BCUT2D eigenvalue weighted by Crippen LogP contribution is 2.25. The zero-order chi connectivity index (χ0) is 26.2. The quantitative estimate of drug-likeness (QED) is 0.335. The van der Waals surface area contributed by atoms with E-state index in [1.807, 2.05) is 6.92 Å². The van der Waals surface area contributed by atoms with Gasteiger partial charge >= 0.3 is 0 Å². The average Bonchev–Trinajstić information content (AvgIpc) is 2.81. The molecule has 12 heteroatoms. The van der Waals surface area contributed by atoms with Crippen molar-refractivity contribution < 1.29 is 22.9 Å². The van der Waals surface area contributed by atoms with Gasteiger partial charge in [0.1, 0.15) is 12.6 Å². The molecule has 2 aromatic rings. The zero-order valence-corrected chi connectivity index (χ0v) is 21.4. The largest absolute Gasteiger partial charge is 0.354 e. The van der Waals surface area contributed by atoms with Gasteiger partial charge in [0, 0.05) is 30.2 Å². The van der Waals surface area contributed by atoms with E-state index in [9.17, 15) is 28.1 Å². The van der Waals surface area contributed by atoms with Gasteiger partial charge in [0.25, 0.3) is 5.69 Å². The van der Waals surface area contributed by atoms with E-state index in [1.54, 1.807) is 31.2 Å². The lowest BCUT2D eigenvalue weighted by Gasteiger charge is -2.33. The third kappa shape index (κ3) is 7.66. The van der Waals surface area contributed by atoms with Gasteiger partial charge in [-0.3, -0.25) is 24.0 Å². The Morgan fingerprint density at radius 2 is 1.83 bits per heavy atom. The van der Waals surface area contributed by atoms with Crippen molar-refractivity contribution in [3.05, 3.63) is 69.2 Å². The van der Waals surface area contributed by atoms with Crippen LogP contribution < -0.4 is 9.62 Å². The molecule has 0 fully saturated rings. The van der Waals surface area contributed by atoms with Crippen LogP contribution in [0.5, 0.6) is 0 Å². The highest BCUT2D eigenvalue weighted by Gasteiger charge is 2.32. The molecule has 0 aromatic heterocycles. The number of benzene rings is 2. The Morgan fingerprint density at radius 1 is 1.14 bits per heavy atom. The number of hydrogen-bond donors (Lipinski definition) is 1. The first kappa shape index (κ1) is 28.1. The predicted molar refractivity (Wildman–Crippen MR) is 135 cm³/mol. The summed E-state index contributed by atoms with van der Waals surface area (Å²) in [4.78, 5) is 38.3. The van der Waals surface area contributed by atoms with Gasteiger partial charge in [-0.05, 0) is 30.5 Å². The third-order valence-electron chi connectivity index (χ3n) is 5.24. The number of rotatable bonds is 12. The van der Waals surface area contributed by atoms with E-state index in [0.29, 0.717) is 23.6 Å². The van der Waals surface area contributed by atoms with Gasteiger partial charge < -0.3 is 10.2 Å². The van der Waals surface area contributed by atoms with Crippen LogP contribution in [-0.4, -0.2) is 55.4 Å². The Labute approximate surface area is 210 Å². The maximum atomic E-state index is 13.5. The maximum Gasteiger partial charge on any atom is 0.271 e.